The molecule has 0 atom stereocenters. The first-order valence-electron chi connectivity index (χ1n) is 8.66. The van der Waals surface area contributed by atoms with E-state index in [1.165, 1.54) is 6.42 Å². The van der Waals surface area contributed by atoms with E-state index in [4.69, 9.17) is 4.63 Å². The molecule has 1 N–H and O–H groups in total. The highest BCUT2D eigenvalue weighted by Crippen LogP contribution is 2.40. The van der Waals surface area contributed by atoms with Gasteiger partial charge in [-0.2, -0.15) is 0 Å². The van der Waals surface area contributed by atoms with Gasteiger partial charge in [0.1, 0.15) is 5.69 Å². The van der Waals surface area contributed by atoms with Gasteiger partial charge in [0.25, 0.3) is 0 Å². The number of hydrogen-bond donors (Lipinski definition) is 1. The Morgan fingerprint density at radius 1 is 1.12 bits per heavy atom. The Balaban J connectivity index is 1.88. The normalized spacial score (nSPS) is 14.6. The van der Waals surface area contributed by atoms with Gasteiger partial charge in [0.2, 0.25) is 5.52 Å². The van der Waals surface area contributed by atoms with Crippen molar-refractivity contribution in [3.05, 3.63) is 46.0 Å². The molecule has 0 bridgehead atoms. The van der Waals surface area contributed by atoms with Crippen LogP contribution in [0.25, 0.3) is 11.0 Å². The third-order valence-corrected chi connectivity index (χ3v) is 4.79. The molecule has 8 heteroatoms. The molecule has 0 spiro atoms. The number of hydrogen-bond acceptors (Lipinski definition) is 7. The smallest absolute Gasteiger partial charge is 0.324 e. The van der Waals surface area contributed by atoms with Gasteiger partial charge in [-0.25, -0.2) is 4.63 Å². The van der Waals surface area contributed by atoms with Crippen LogP contribution in [-0.2, 0) is 0 Å². The fraction of sp³-hybridized carbons (Fsp3) is 0.333. The zero-order valence-corrected chi connectivity index (χ0v) is 14.4. The van der Waals surface area contributed by atoms with Gasteiger partial charge >= 0.3 is 5.69 Å². The predicted octanol–water partition coefficient (Wildman–Crippen LogP) is 4.17. The number of aryl methyl sites for hydroxylation is 1. The highest BCUT2D eigenvalue weighted by molar-refractivity contribution is 6.00. The summed E-state index contributed by atoms with van der Waals surface area (Å²) in [7, 11) is 0. The summed E-state index contributed by atoms with van der Waals surface area (Å²) in [4.78, 5) is 13.5. The van der Waals surface area contributed by atoms with Crippen LogP contribution in [0.5, 0.6) is 0 Å². The van der Waals surface area contributed by atoms with E-state index in [1.54, 1.807) is 6.07 Å². The summed E-state index contributed by atoms with van der Waals surface area (Å²) in [5, 5.41) is 22.7. The van der Waals surface area contributed by atoms with E-state index < -0.39 is 4.92 Å². The first kappa shape index (κ1) is 16.3. The average Bonchev–Trinajstić information content (AvgIpc) is 3.12. The number of fused-ring (bicyclic) bond motifs is 1. The van der Waals surface area contributed by atoms with E-state index in [0.717, 1.165) is 42.9 Å². The lowest BCUT2D eigenvalue weighted by molar-refractivity contribution is -0.382. The molecule has 2 aromatic carbocycles. The summed E-state index contributed by atoms with van der Waals surface area (Å²) in [6, 6.07) is 9.46. The zero-order valence-electron chi connectivity index (χ0n) is 14.4. The molecule has 26 heavy (non-hydrogen) atoms. The lowest BCUT2D eigenvalue weighted by atomic mass is 10.1. The number of nitro groups is 1. The topological polar surface area (TPSA) is 97.3 Å². The van der Waals surface area contributed by atoms with Crippen LogP contribution in [0.3, 0.4) is 0 Å². The molecule has 0 radical (unpaired) electrons. The van der Waals surface area contributed by atoms with Gasteiger partial charge < -0.3 is 10.2 Å². The predicted molar refractivity (Wildman–Crippen MR) is 99.0 cm³/mol. The molecular formula is C18H19N5O3. The fourth-order valence-electron chi connectivity index (χ4n) is 3.43. The maximum Gasteiger partial charge on any atom is 0.324 e. The molecule has 0 aliphatic carbocycles. The average molecular weight is 353 g/mol. The van der Waals surface area contributed by atoms with Crippen molar-refractivity contribution in [2.45, 2.75) is 26.2 Å². The Labute approximate surface area is 149 Å². The van der Waals surface area contributed by atoms with Gasteiger partial charge in [0.15, 0.2) is 5.52 Å². The molecule has 1 saturated heterocycles. The summed E-state index contributed by atoms with van der Waals surface area (Å²) in [6.45, 7) is 3.74. The van der Waals surface area contributed by atoms with Crippen molar-refractivity contribution in [3.8, 4) is 0 Å². The van der Waals surface area contributed by atoms with E-state index >= 15 is 0 Å². The molecule has 2 heterocycles. The Hall–Kier alpha value is -3.16. The second kappa shape index (κ2) is 6.62. The lowest BCUT2D eigenvalue weighted by Crippen LogP contribution is -2.29. The minimum atomic E-state index is -0.437. The molecule has 1 fully saturated rings. The van der Waals surface area contributed by atoms with Crippen LogP contribution in [0, 0.1) is 17.0 Å². The van der Waals surface area contributed by atoms with Crippen LogP contribution in [0.2, 0.25) is 0 Å². The summed E-state index contributed by atoms with van der Waals surface area (Å²) in [5.74, 6) is 0. The molecule has 134 valence electrons. The van der Waals surface area contributed by atoms with E-state index in [-0.39, 0.29) is 11.2 Å². The monoisotopic (exact) mass is 353 g/mol. The number of nitro benzene ring substituents is 1. The first-order valence-corrected chi connectivity index (χ1v) is 8.66. The highest BCUT2D eigenvalue weighted by atomic mass is 16.6. The molecule has 1 aliphatic rings. The number of nitrogens with zero attached hydrogens (tertiary/aromatic N) is 4. The van der Waals surface area contributed by atoms with Gasteiger partial charge in [-0.1, -0.05) is 18.2 Å². The van der Waals surface area contributed by atoms with Crippen LogP contribution < -0.4 is 10.2 Å². The van der Waals surface area contributed by atoms with Crippen LogP contribution in [-0.4, -0.2) is 28.3 Å². The minimum Gasteiger partial charge on any atom is -0.370 e. The van der Waals surface area contributed by atoms with Crippen LogP contribution in [0.1, 0.15) is 24.8 Å². The minimum absolute atomic E-state index is 0.120. The van der Waals surface area contributed by atoms with Crippen molar-refractivity contribution in [2.24, 2.45) is 0 Å². The number of anilines is 3. The molecule has 0 unspecified atom stereocenters. The number of aromatic nitrogens is 2. The van der Waals surface area contributed by atoms with E-state index in [0.29, 0.717) is 11.2 Å². The van der Waals surface area contributed by atoms with Crippen molar-refractivity contribution >= 4 is 33.8 Å². The number of nitrogens with one attached hydrogen (secondary N) is 1. The maximum atomic E-state index is 11.7. The van der Waals surface area contributed by atoms with Gasteiger partial charge in [-0.3, -0.25) is 10.1 Å². The van der Waals surface area contributed by atoms with Gasteiger partial charge in [-0.15, -0.1) is 0 Å². The zero-order chi connectivity index (χ0) is 18.1. The third kappa shape index (κ3) is 2.83. The van der Waals surface area contributed by atoms with Crippen molar-refractivity contribution in [2.75, 3.05) is 23.3 Å². The van der Waals surface area contributed by atoms with E-state index in [9.17, 15) is 10.1 Å². The Morgan fingerprint density at radius 2 is 1.85 bits per heavy atom. The molecule has 1 aliphatic heterocycles. The largest absolute Gasteiger partial charge is 0.370 e. The van der Waals surface area contributed by atoms with Crippen LogP contribution in [0.4, 0.5) is 22.7 Å². The Bertz CT molecular complexity index is 963. The van der Waals surface area contributed by atoms with E-state index in [1.807, 2.05) is 31.2 Å². The Kier molecular flexibility index (Phi) is 4.16. The molecule has 0 amide bonds. The van der Waals surface area contributed by atoms with Crippen LogP contribution >= 0.6 is 0 Å². The summed E-state index contributed by atoms with van der Waals surface area (Å²) in [6.07, 6.45) is 3.37. The highest BCUT2D eigenvalue weighted by Gasteiger charge is 2.28. The maximum absolute atomic E-state index is 11.7. The number of piperidine rings is 1. The molecule has 4 rings (SSSR count). The summed E-state index contributed by atoms with van der Waals surface area (Å²) >= 11 is 0. The number of rotatable bonds is 4. The second-order valence-electron chi connectivity index (χ2n) is 6.50. The summed E-state index contributed by atoms with van der Waals surface area (Å²) < 4.78 is 4.86. The molecule has 0 saturated carbocycles. The molecule has 8 nitrogen and oxygen atoms in total. The summed E-state index contributed by atoms with van der Waals surface area (Å²) in [5.41, 5.74) is 3.53. The standard InChI is InChI=1S/C18H19N5O3/c1-12-7-3-4-8-13(12)19-14-11-15(22-9-5-2-6-10-22)16-17(21-26-20-16)18(14)23(24)25/h3-4,7-8,11,19H,2,5-6,9-10H2,1H3. The molecule has 1 aromatic heterocycles. The van der Waals surface area contributed by atoms with E-state index in [2.05, 4.69) is 20.5 Å². The van der Waals surface area contributed by atoms with Crippen molar-refractivity contribution in [1.29, 1.82) is 0 Å². The molecular weight excluding hydrogens is 334 g/mol. The second-order valence-corrected chi connectivity index (χ2v) is 6.50. The van der Waals surface area contributed by atoms with Crippen molar-refractivity contribution in [1.82, 2.24) is 10.3 Å². The Morgan fingerprint density at radius 3 is 2.58 bits per heavy atom. The third-order valence-electron chi connectivity index (χ3n) is 4.79. The van der Waals surface area contributed by atoms with Gasteiger partial charge in [0.05, 0.1) is 10.6 Å². The van der Waals surface area contributed by atoms with Gasteiger partial charge in [0, 0.05) is 18.8 Å². The number of benzene rings is 2. The quantitative estimate of drug-likeness (QED) is 0.555. The lowest BCUT2D eigenvalue weighted by Gasteiger charge is -2.29. The van der Waals surface area contributed by atoms with Crippen molar-refractivity contribution < 1.29 is 9.55 Å². The first-order chi connectivity index (χ1) is 12.6. The van der Waals surface area contributed by atoms with Crippen molar-refractivity contribution in [3.63, 3.8) is 0 Å². The molecule has 3 aromatic rings. The fourth-order valence-corrected chi connectivity index (χ4v) is 3.43. The SMILES string of the molecule is Cc1ccccc1Nc1cc(N2CCCCC2)c2nonc2c1[N+](=O)[O-]. The number of para-hydroxylation sites is 1. The van der Waals surface area contributed by atoms with Crippen LogP contribution in [0.15, 0.2) is 35.0 Å². The van der Waals surface area contributed by atoms with Gasteiger partial charge in [-0.05, 0) is 54.2 Å².